The minimum atomic E-state index is 0.0592. The molecule has 20 heavy (non-hydrogen) atoms. The van der Waals surface area contributed by atoms with Gasteiger partial charge in [-0.15, -0.1) is 5.10 Å². The zero-order valence-corrected chi connectivity index (χ0v) is 13.0. The molecular formula is C14H20ClN5. The number of nitrogens with one attached hydrogen (secondary N) is 1. The van der Waals surface area contributed by atoms with Crippen molar-refractivity contribution in [2.45, 2.75) is 33.7 Å². The summed E-state index contributed by atoms with van der Waals surface area (Å²) in [6.07, 6.45) is 0. The largest absolute Gasteiger partial charge is 0.307 e. The summed E-state index contributed by atoms with van der Waals surface area (Å²) in [5.74, 6) is 1.34. The molecule has 1 atom stereocenters. The van der Waals surface area contributed by atoms with Crippen LogP contribution in [0.4, 0.5) is 0 Å². The number of halogens is 1. The maximum absolute atomic E-state index is 6.26. The molecule has 1 N–H and O–H groups in total. The average molecular weight is 294 g/mol. The molecule has 0 spiro atoms. The van der Waals surface area contributed by atoms with Crippen molar-refractivity contribution in [3.63, 3.8) is 0 Å². The average Bonchev–Trinajstić information content (AvgIpc) is 2.88. The van der Waals surface area contributed by atoms with Crippen molar-refractivity contribution in [2.24, 2.45) is 5.92 Å². The first kappa shape index (κ1) is 14.9. The molecule has 108 valence electrons. The molecule has 6 heteroatoms. The lowest BCUT2D eigenvalue weighted by atomic mass is 10.2. The third-order valence-corrected chi connectivity index (χ3v) is 3.36. The van der Waals surface area contributed by atoms with Gasteiger partial charge >= 0.3 is 0 Å². The molecule has 2 aromatic rings. The third kappa shape index (κ3) is 3.35. The number of benzene rings is 1. The Labute approximate surface area is 124 Å². The standard InChI is InChI=1S/C14H20ClN5/c1-9(2)8-16-11(4)14-17-18-19-20(14)13-7-10(3)5-6-12(13)15/h5-7,9,11,16H,8H2,1-4H3. The summed E-state index contributed by atoms with van der Waals surface area (Å²) >= 11 is 6.26. The topological polar surface area (TPSA) is 55.6 Å². The lowest BCUT2D eigenvalue weighted by Crippen LogP contribution is -2.25. The van der Waals surface area contributed by atoms with Gasteiger partial charge in [0, 0.05) is 0 Å². The zero-order chi connectivity index (χ0) is 14.7. The van der Waals surface area contributed by atoms with Gasteiger partial charge in [0.25, 0.3) is 0 Å². The van der Waals surface area contributed by atoms with Gasteiger partial charge in [0.1, 0.15) is 0 Å². The summed E-state index contributed by atoms with van der Waals surface area (Å²) in [7, 11) is 0. The van der Waals surface area contributed by atoms with E-state index in [-0.39, 0.29) is 6.04 Å². The van der Waals surface area contributed by atoms with Crippen LogP contribution in [-0.2, 0) is 0 Å². The van der Waals surface area contributed by atoms with Crippen LogP contribution >= 0.6 is 11.6 Å². The van der Waals surface area contributed by atoms with Crippen molar-refractivity contribution in [1.82, 2.24) is 25.5 Å². The van der Waals surface area contributed by atoms with Crippen molar-refractivity contribution in [3.8, 4) is 5.69 Å². The zero-order valence-electron chi connectivity index (χ0n) is 12.3. The van der Waals surface area contributed by atoms with Gasteiger partial charge in [0.2, 0.25) is 0 Å². The molecule has 5 nitrogen and oxygen atoms in total. The Morgan fingerprint density at radius 2 is 2.05 bits per heavy atom. The molecule has 0 radical (unpaired) electrons. The van der Waals surface area contributed by atoms with Gasteiger partial charge in [-0.25, -0.2) is 0 Å². The lowest BCUT2D eigenvalue weighted by molar-refractivity contribution is 0.475. The second kappa shape index (κ2) is 6.33. The Morgan fingerprint density at radius 1 is 1.30 bits per heavy atom. The van der Waals surface area contributed by atoms with Crippen LogP contribution in [0.5, 0.6) is 0 Å². The second-order valence-corrected chi connectivity index (χ2v) is 5.83. The molecule has 1 aromatic carbocycles. The van der Waals surface area contributed by atoms with Crippen molar-refractivity contribution in [1.29, 1.82) is 0 Å². The monoisotopic (exact) mass is 293 g/mol. The number of hydrogen-bond donors (Lipinski definition) is 1. The Kier molecular flexibility index (Phi) is 4.73. The Bertz CT molecular complexity index is 579. The van der Waals surface area contributed by atoms with E-state index >= 15 is 0 Å². The van der Waals surface area contributed by atoms with Crippen molar-refractivity contribution >= 4 is 11.6 Å². The molecule has 2 rings (SSSR count). The lowest BCUT2D eigenvalue weighted by Gasteiger charge is -2.15. The van der Waals surface area contributed by atoms with Crippen LogP contribution in [0.25, 0.3) is 5.69 Å². The van der Waals surface area contributed by atoms with Gasteiger partial charge in [-0.05, 0) is 54.4 Å². The van der Waals surface area contributed by atoms with Gasteiger partial charge in [-0.3, -0.25) is 0 Å². The predicted molar refractivity (Wildman–Crippen MR) is 80.2 cm³/mol. The molecule has 0 saturated carbocycles. The van der Waals surface area contributed by atoms with E-state index in [1.165, 1.54) is 0 Å². The first-order chi connectivity index (χ1) is 9.49. The van der Waals surface area contributed by atoms with Gasteiger partial charge in [0.05, 0.1) is 16.8 Å². The first-order valence-electron chi connectivity index (χ1n) is 6.77. The highest BCUT2D eigenvalue weighted by atomic mass is 35.5. The summed E-state index contributed by atoms with van der Waals surface area (Å²) < 4.78 is 1.70. The highest BCUT2D eigenvalue weighted by Crippen LogP contribution is 2.23. The molecule has 0 aliphatic rings. The second-order valence-electron chi connectivity index (χ2n) is 5.43. The molecule has 0 saturated heterocycles. The van der Waals surface area contributed by atoms with Crippen LogP contribution < -0.4 is 5.32 Å². The van der Waals surface area contributed by atoms with Crippen molar-refractivity contribution in [2.75, 3.05) is 6.54 Å². The highest BCUT2D eigenvalue weighted by Gasteiger charge is 2.17. The van der Waals surface area contributed by atoms with Crippen LogP contribution in [-0.4, -0.2) is 26.8 Å². The number of hydrogen-bond acceptors (Lipinski definition) is 4. The summed E-state index contributed by atoms with van der Waals surface area (Å²) in [6, 6.07) is 5.88. The minimum Gasteiger partial charge on any atom is -0.307 e. The number of rotatable bonds is 5. The van der Waals surface area contributed by atoms with E-state index in [9.17, 15) is 0 Å². The van der Waals surface area contributed by atoms with Crippen LogP contribution in [0.1, 0.15) is 38.2 Å². The summed E-state index contributed by atoms with van der Waals surface area (Å²) in [4.78, 5) is 0. The summed E-state index contributed by atoms with van der Waals surface area (Å²) in [6.45, 7) is 9.31. The molecule has 0 aliphatic heterocycles. The van der Waals surface area contributed by atoms with Crippen molar-refractivity contribution < 1.29 is 0 Å². The smallest absolute Gasteiger partial charge is 0.173 e. The molecular weight excluding hydrogens is 274 g/mol. The number of nitrogens with zero attached hydrogens (tertiary/aromatic N) is 4. The molecule has 1 heterocycles. The van der Waals surface area contributed by atoms with Gasteiger partial charge in [-0.1, -0.05) is 31.5 Å². The van der Waals surface area contributed by atoms with Gasteiger partial charge < -0.3 is 5.32 Å². The van der Waals surface area contributed by atoms with E-state index in [2.05, 4.69) is 34.7 Å². The molecule has 1 aromatic heterocycles. The van der Waals surface area contributed by atoms with Crippen LogP contribution in [0.15, 0.2) is 18.2 Å². The Balaban J connectivity index is 2.30. The van der Waals surface area contributed by atoms with E-state index in [4.69, 9.17) is 11.6 Å². The van der Waals surface area contributed by atoms with E-state index in [1.54, 1.807) is 4.68 Å². The van der Waals surface area contributed by atoms with Gasteiger partial charge in [0.15, 0.2) is 5.82 Å². The molecule has 1 unspecified atom stereocenters. The third-order valence-electron chi connectivity index (χ3n) is 3.04. The van der Waals surface area contributed by atoms with Gasteiger partial charge in [-0.2, -0.15) is 4.68 Å². The fourth-order valence-electron chi connectivity index (χ4n) is 1.92. The normalized spacial score (nSPS) is 12.9. The van der Waals surface area contributed by atoms with Crippen molar-refractivity contribution in [3.05, 3.63) is 34.6 Å². The number of tetrazole rings is 1. The Hall–Kier alpha value is -1.46. The number of aromatic nitrogens is 4. The maximum Gasteiger partial charge on any atom is 0.173 e. The maximum atomic E-state index is 6.26. The molecule has 0 bridgehead atoms. The fourth-order valence-corrected chi connectivity index (χ4v) is 2.12. The summed E-state index contributed by atoms with van der Waals surface area (Å²) in [5.41, 5.74) is 1.93. The number of aryl methyl sites for hydroxylation is 1. The van der Waals surface area contributed by atoms with E-state index in [1.807, 2.05) is 32.0 Å². The minimum absolute atomic E-state index is 0.0592. The Morgan fingerprint density at radius 3 is 2.75 bits per heavy atom. The van der Waals surface area contributed by atoms with Crippen LogP contribution in [0.2, 0.25) is 5.02 Å². The van der Waals surface area contributed by atoms with E-state index in [0.717, 1.165) is 23.6 Å². The summed E-state index contributed by atoms with van der Waals surface area (Å²) in [5, 5.41) is 16.0. The van der Waals surface area contributed by atoms with Crippen LogP contribution in [0, 0.1) is 12.8 Å². The molecule has 0 aliphatic carbocycles. The molecule has 0 amide bonds. The SMILES string of the molecule is Cc1ccc(Cl)c(-n2nnnc2C(C)NCC(C)C)c1. The quantitative estimate of drug-likeness (QED) is 0.921. The molecule has 0 fully saturated rings. The first-order valence-corrected chi connectivity index (χ1v) is 7.15. The van der Waals surface area contributed by atoms with Crippen LogP contribution in [0.3, 0.4) is 0 Å². The fraction of sp³-hybridized carbons (Fsp3) is 0.500. The highest BCUT2D eigenvalue weighted by molar-refractivity contribution is 6.32. The van der Waals surface area contributed by atoms with E-state index < -0.39 is 0 Å². The van der Waals surface area contributed by atoms with E-state index in [0.29, 0.717) is 10.9 Å². The predicted octanol–water partition coefficient (Wildman–Crippen LogP) is 2.93.